The van der Waals surface area contributed by atoms with Crippen LogP contribution in [0.15, 0.2) is 48.8 Å². The van der Waals surface area contributed by atoms with E-state index in [1.807, 2.05) is 0 Å². The van der Waals surface area contributed by atoms with Crippen LogP contribution >= 0.6 is 0 Å². The summed E-state index contributed by atoms with van der Waals surface area (Å²) >= 11 is 0. The van der Waals surface area contributed by atoms with E-state index in [4.69, 9.17) is 9.84 Å². The molecule has 0 aliphatic heterocycles. The van der Waals surface area contributed by atoms with Gasteiger partial charge in [-0.3, -0.25) is 4.40 Å². The quantitative estimate of drug-likeness (QED) is 0.796. The molecule has 0 saturated heterocycles. The Kier molecular flexibility index (Phi) is 2.83. The monoisotopic (exact) mass is 272 g/mol. The van der Waals surface area contributed by atoms with Gasteiger partial charge in [0.25, 0.3) is 0 Å². The van der Waals surface area contributed by atoms with Crippen molar-refractivity contribution < 1.29 is 19.0 Å². The highest BCUT2D eigenvalue weighted by Crippen LogP contribution is 2.26. The van der Waals surface area contributed by atoms with Crippen molar-refractivity contribution in [1.29, 1.82) is 0 Å². The summed E-state index contributed by atoms with van der Waals surface area (Å²) in [6.07, 6.45) is 3.29. The summed E-state index contributed by atoms with van der Waals surface area (Å²) in [4.78, 5) is 15.2. The number of imidazole rings is 1. The van der Waals surface area contributed by atoms with Crippen molar-refractivity contribution in [2.75, 3.05) is 0 Å². The van der Waals surface area contributed by atoms with Crippen LogP contribution in [0.2, 0.25) is 0 Å². The van der Waals surface area contributed by atoms with Gasteiger partial charge >= 0.3 is 5.97 Å². The SMILES string of the molecule is O=C(O)c1cc(F)ccc1Oc1cccc2nccn12. The molecule has 1 N–H and O–H groups in total. The first-order valence-electron chi connectivity index (χ1n) is 5.78. The maximum Gasteiger partial charge on any atom is 0.339 e. The molecule has 100 valence electrons. The predicted octanol–water partition coefficient (Wildman–Crippen LogP) is 2.96. The summed E-state index contributed by atoms with van der Waals surface area (Å²) < 4.78 is 20.4. The third-order valence-electron chi connectivity index (χ3n) is 2.78. The van der Waals surface area contributed by atoms with E-state index in [0.717, 1.165) is 12.1 Å². The lowest BCUT2D eigenvalue weighted by molar-refractivity contribution is 0.0693. The zero-order valence-electron chi connectivity index (χ0n) is 10.2. The number of carboxylic acids is 1. The smallest absolute Gasteiger partial charge is 0.339 e. The minimum atomic E-state index is -1.25. The predicted molar refractivity (Wildman–Crippen MR) is 68.6 cm³/mol. The van der Waals surface area contributed by atoms with E-state index in [1.54, 1.807) is 35.0 Å². The van der Waals surface area contributed by atoms with E-state index in [2.05, 4.69) is 4.98 Å². The van der Waals surface area contributed by atoms with Crippen LogP contribution in [-0.2, 0) is 0 Å². The molecular weight excluding hydrogens is 263 g/mol. The van der Waals surface area contributed by atoms with Gasteiger partial charge in [0.1, 0.15) is 22.8 Å². The fourth-order valence-electron chi connectivity index (χ4n) is 1.88. The van der Waals surface area contributed by atoms with Gasteiger partial charge in [0, 0.05) is 12.4 Å². The number of aromatic nitrogens is 2. The van der Waals surface area contributed by atoms with E-state index in [9.17, 15) is 9.18 Å². The summed E-state index contributed by atoms with van der Waals surface area (Å²) in [5.74, 6) is -1.41. The van der Waals surface area contributed by atoms with E-state index in [0.29, 0.717) is 11.5 Å². The number of carbonyl (C=O) groups is 1. The lowest BCUT2D eigenvalue weighted by Gasteiger charge is -2.10. The first kappa shape index (κ1) is 12.2. The molecule has 0 bridgehead atoms. The van der Waals surface area contributed by atoms with Crippen LogP contribution in [0.3, 0.4) is 0 Å². The summed E-state index contributed by atoms with van der Waals surface area (Å²) in [6, 6.07) is 8.55. The number of benzene rings is 1. The normalized spacial score (nSPS) is 10.7. The van der Waals surface area contributed by atoms with Gasteiger partial charge in [-0.05, 0) is 30.3 Å². The van der Waals surface area contributed by atoms with Gasteiger partial charge in [0.2, 0.25) is 5.88 Å². The molecule has 5 nitrogen and oxygen atoms in total. The van der Waals surface area contributed by atoms with Crippen molar-refractivity contribution in [3.63, 3.8) is 0 Å². The Balaban J connectivity index is 2.07. The molecule has 2 aromatic heterocycles. The Morgan fingerprint density at radius 3 is 2.95 bits per heavy atom. The molecule has 0 fully saturated rings. The number of carboxylic acid groups (broad SMARTS) is 1. The van der Waals surface area contributed by atoms with Crippen LogP contribution in [0, 0.1) is 5.82 Å². The molecular formula is C14H9FN2O3. The number of nitrogens with zero attached hydrogens (tertiary/aromatic N) is 2. The van der Waals surface area contributed by atoms with E-state index in [1.165, 1.54) is 6.07 Å². The fourth-order valence-corrected chi connectivity index (χ4v) is 1.88. The third-order valence-corrected chi connectivity index (χ3v) is 2.78. The van der Waals surface area contributed by atoms with Crippen molar-refractivity contribution in [3.05, 3.63) is 60.2 Å². The van der Waals surface area contributed by atoms with Crippen LogP contribution in [-0.4, -0.2) is 20.5 Å². The Morgan fingerprint density at radius 1 is 1.30 bits per heavy atom. The number of aromatic carboxylic acids is 1. The minimum Gasteiger partial charge on any atom is -0.478 e. The molecule has 3 rings (SSSR count). The molecule has 0 amide bonds. The maximum absolute atomic E-state index is 13.1. The van der Waals surface area contributed by atoms with Crippen molar-refractivity contribution in [1.82, 2.24) is 9.38 Å². The first-order chi connectivity index (χ1) is 9.65. The standard InChI is InChI=1S/C14H9FN2O3/c15-9-4-5-11(10(8-9)14(18)19)20-13-3-1-2-12-16-6-7-17(12)13/h1-8H,(H,18,19). The van der Waals surface area contributed by atoms with Gasteiger partial charge in [-0.1, -0.05) is 6.07 Å². The molecule has 2 heterocycles. The number of pyridine rings is 1. The van der Waals surface area contributed by atoms with Gasteiger partial charge in [-0.2, -0.15) is 0 Å². The second-order valence-corrected chi connectivity index (χ2v) is 4.07. The van der Waals surface area contributed by atoms with Crippen LogP contribution in [0.5, 0.6) is 11.6 Å². The number of hydrogen-bond donors (Lipinski definition) is 1. The fraction of sp³-hybridized carbons (Fsp3) is 0. The molecule has 0 atom stereocenters. The van der Waals surface area contributed by atoms with Crippen LogP contribution in [0.1, 0.15) is 10.4 Å². The second-order valence-electron chi connectivity index (χ2n) is 4.07. The Labute approximate surface area is 112 Å². The molecule has 0 saturated carbocycles. The average Bonchev–Trinajstić information content (AvgIpc) is 2.90. The van der Waals surface area contributed by atoms with E-state index >= 15 is 0 Å². The van der Waals surface area contributed by atoms with Crippen LogP contribution in [0.4, 0.5) is 4.39 Å². The number of halogens is 1. The number of ether oxygens (including phenoxy) is 1. The minimum absolute atomic E-state index is 0.0695. The third kappa shape index (κ3) is 2.07. The van der Waals surface area contributed by atoms with Gasteiger partial charge < -0.3 is 9.84 Å². The molecule has 0 radical (unpaired) electrons. The van der Waals surface area contributed by atoms with Crippen molar-refractivity contribution in [2.45, 2.75) is 0 Å². The Morgan fingerprint density at radius 2 is 2.15 bits per heavy atom. The molecule has 1 aromatic carbocycles. The van der Waals surface area contributed by atoms with Crippen molar-refractivity contribution in [2.24, 2.45) is 0 Å². The maximum atomic E-state index is 13.1. The van der Waals surface area contributed by atoms with Crippen LogP contribution < -0.4 is 4.74 Å². The Hall–Kier alpha value is -2.89. The zero-order chi connectivity index (χ0) is 14.1. The lowest BCUT2D eigenvalue weighted by atomic mass is 10.2. The highest BCUT2D eigenvalue weighted by Gasteiger charge is 2.14. The molecule has 0 aliphatic rings. The largest absolute Gasteiger partial charge is 0.478 e. The van der Waals surface area contributed by atoms with Crippen LogP contribution in [0.25, 0.3) is 5.65 Å². The van der Waals surface area contributed by atoms with E-state index in [-0.39, 0.29) is 11.3 Å². The molecule has 0 aliphatic carbocycles. The summed E-state index contributed by atoms with van der Waals surface area (Å²) in [5, 5.41) is 9.08. The van der Waals surface area contributed by atoms with Gasteiger partial charge in [0.05, 0.1) is 0 Å². The van der Waals surface area contributed by atoms with Crippen molar-refractivity contribution in [3.8, 4) is 11.6 Å². The number of hydrogen-bond acceptors (Lipinski definition) is 3. The van der Waals surface area contributed by atoms with E-state index < -0.39 is 11.8 Å². The van der Waals surface area contributed by atoms with Gasteiger partial charge in [-0.15, -0.1) is 0 Å². The topological polar surface area (TPSA) is 63.8 Å². The average molecular weight is 272 g/mol. The summed E-state index contributed by atoms with van der Waals surface area (Å²) in [7, 11) is 0. The molecule has 0 unspecified atom stereocenters. The van der Waals surface area contributed by atoms with Crippen molar-refractivity contribution >= 4 is 11.6 Å². The zero-order valence-corrected chi connectivity index (χ0v) is 10.2. The lowest BCUT2D eigenvalue weighted by Crippen LogP contribution is -2.02. The van der Waals surface area contributed by atoms with Gasteiger partial charge in [0.15, 0.2) is 0 Å². The Bertz CT molecular complexity index is 798. The summed E-state index contributed by atoms with van der Waals surface area (Å²) in [5.41, 5.74) is 0.434. The first-order valence-corrected chi connectivity index (χ1v) is 5.78. The molecule has 3 aromatic rings. The van der Waals surface area contributed by atoms with Gasteiger partial charge in [-0.25, -0.2) is 14.2 Å². The molecule has 6 heteroatoms. The molecule has 20 heavy (non-hydrogen) atoms. The second kappa shape index (κ2) is 4.65. The summed E-state index contributed by atoms with van der Waals surface area (Å²) in [6.45, 7) is 0. The number of fused-ring (bicyclic) bond motifs is 1. The highest BCUT2D eigenvalue weighted by molar-refractivity contribution is 5.91. The molecule has 0 spiro atoms. The highest BCUT2D eigenvalue weighted by atomic mass is 19.1. The number of rotatable bonds is 3.